The van der Waals surface area contributed by atoms with Crippen molar-refractivity contribution in [1.29, 1.82) is 0 Å². The number of amides is 1. The van der Waals surface area contributed by atoms with Crippen molar-refractivity contribution in [1.82, 2.24) is 29.9 Å². The first kappa shape index (κ1) is 24.2. The molecule has 1 aliphatic heterocycles. The molecular weight excluding hydrogens is 467 g/mol. The van der Waals surface area contributed by atoms with E-state index in [0.29, 0.717) is 39.3 Å². The van der Waals surface area contributed by atoms with Gasteiger partial charge in [-0.15, -0.1) is 0 Å². The largest absolute Gasteiger partial charge is 0.434 e. The SMILES string of the molecule is CC(=O)Nc1ncc(-c2nc(NCCc3cccnc3)nc(N3CCOCC3)n2)c(C(F)(F)F)n1. The summed E-state index contributed by atoms with van der Waals surface area (Å²) in [6.45, 7) is 3.39. The van der Waals surface area contributed by atoms with Crippen LogP contribution in [0, 0.1) is 0 Å². The number of aromatic nitrogens is 6. The van der Waals surface area contributed by atoms with Crippen molar-refractivity contribution in [3.8, 4) is 11.4 Å². The van der Waals surface area contributed by atoms with Gasteiger partial charge in [0.15, 0.2) is 11.5 Å². The molecule has 1 saturated heterocycles. The van der Waals surface area contributed by atoms with Crippen molar-refractivity contribution >= 4 is 23.8 Å². The minimum absolute atomic E-state index is 0.111. The summed E-state index contributed by atoms with van der Waals surface area (Å²) in [4.78, 5) is 37.4. The van der Waals surface area contributed by atoms with E-state index in [1.807, 2.05) is 12.1 Å². The highest BCUT2D eigenvalue weighted by Gasteiger charge is 2.38. The molecule has 0 atom stereocenters. The van der Waals surface area contributed by atoms with Crippen molar-refractivity contribution in [2.75, 3.05) is 48.4 Å². The summed E-state index contributed by atoms with van der Waals surface area (Å²) in [6.07, 6.45) is 0.0960. The molecule has 0 spiro atoms. The molecule has 184 valence electrons. The zero-order valence-corrected chi connectivity index (χ0v) is 18.7. The Kier molecular flexibility index (Phi) is 7.29. The molecule has 0 aromatic carbocycles. The van der Waals surface area contributed by atoms with Crippen LogP contribution in [-0.4, -0.2) is 68.7 Å². The van der Waals surface area contributed by atoms with Crippen LogP contribution < -0.4 is 15.5 Å². The molecule has 4 rings (SSSR count). The molecule has 3 aromatic rings. The standard InChI is InChI=1S/C21H22F3N9O2/c1-13(34)28-19-27-12-15(16(29-19)21(22,23)24)17-30-18(26-6-4-14-3-2-5-25-11-14)32-20(31-17)33-7-9-35-10-8-33/h2-3,5,11-12H,4,6-10H2,1H3,(H,26,30,31,32)(H,27,28,29,34). The van der Waals surface area contributed by atoms with Crippen LogP contribution in [0.25, 0.3) is 11.4 Å². The van der Waals surface area contributed by atoms with E-state index in [1.54, 1.807) is 17.3 Å². The van der Waals surface area contributed by atoms with Crippen LogP contribution >= 0.6 is 0 Å². The highest BCUT2D eigenvalue weighted by molar-refractivity contribution is 5.86. The monoisotopic (exact) mass is 489 g/mol. The Morgan fingerprint density at radius 3 is 2.60 bits per heavy atom. The average molecular weight is 489 g/mol. The van der Waals surface area contributed by atoms with Crippen LogP contribution in [0.3, 0.4) is 0 Å². The highest BCUT2D eigenvalue weighted by Crippen LogP contribution is 2.35. The second-order valence-corrected chi connectivity index (χ2v) is 7.55. The molecule has 1 aliphatic rings. The zero-order chi connectivity index (χ0) is 24.8. The minimum atomic E-state index is -4.84. The number of anilines is 3. The molecule has 2 N–H and O–H groups in total. The quantitative estimate of drug-likeness (QED) is 0.509. The number of nitrogens with one attached hydrogen (secondary N) is 2. The number of hydrogen-bond donors (Lipinski definition) is 2. The van der Waals surface area contributed by atoms with Gasteiger partial charge in [0.2, 0.25) is 23.8 Å². The number of morpholine rings is 1. The molecule has 3 aromatic heterocycles. The molecule has 0 radical (unpaired) electrons. The summed E-state index contributed by atoms with van der Waals surface area (Å²) in [5.74, 6) is -0.987. The number of halogens is 3. The van der Waals surface area contributed by atoms with Gasteiger partial charge in [-0.2, -0.15) is 28.1 Å². The van der Waals surface area contributed by atoms with E-state index < -0.39 is 29.3 Å². The lowest BCUT2D eigenvalue weighted by molar-refractivity contribution is -0.140. The van der Waals surface area contributed by atoms with Gasteiger partial charge in [-0.3, -0.25) is 15.1 Å². The second-order valence-electron chi connectivity index (χ2n) is 7.55. The number of hydrogen-bond acceptors (Lipinski definition) is 10. The van der Waals surface area contributed by atoms with E-state index in [0.717, 1.165) is 18.7 Å². The minimum Gasteiger partial charge on any atom is -0.378 e. The van der Waals surface area contributed by atoms with E-state index in [-0.39, 0.29) is 17.7 Å². The molecule has 1 fully saturated rings. The van der Waals surface area contributed by atoms with E-state index in [2.05, 4.69) is 40.5 Å². The highest BCUT2D eigenvalue weighted by atomic mass is 19.4. The summed E-state index contributed by atoms with van der Waals surface area (Å²) in [5.41, 5.74) is -0.723. The Morgan fingerprint density at radius 2 is 1.91 bits per heavy atom. The number of pyridine rings is 1. The normalized spacial score (nSPS) is 14.0. The first-order chi connectivity index (χ1) is 16.8. The smallest absolute Gasteiger partial charge is 0.378 e. The van der Waals surface area contributed by atoms with Crippen LogP contribution in [-0.2, 0) is 22.1 Å². The summed E-state index contributed by atoms with van der Waals surface area (Å²) >= 11 is 0. The third kappa shape index (κ3) is 6.35. The van der Waals surface area contributed by atoms with Crippen LogP contribution in [0.15, 0.2) is 30.7 Å². The fourth-order valence-electron chi connectivity index (χ4n) is 3.31. The maximum absolute atomic E-state index is 13.9. The van der Waals surface area contributed by atoms with Crippen molar-refractivity contribution < 1.29 is 22.7 Å². The van der Waals surface area contributed by atoms with Gasteiger partial charge >= 0.3 is 6.18 Å². The molecule has 11 nitrogen and oxygen atoms in total. The Labute approximate surface area is 198 Å². The number of rotatable bonds is 7. The fourth-order valence-corrected chi connectivity index (χ4v) is 3.31. The lowest BCUT2D eigenvalue weighted by atomic mass is 10.2. The third-order valence-corrected chi connectivity index (χ3v) is 4.92. The van der Waals surface area contributed by atoms with Gasteiger partial charge in [0.1, 0.15) is 0 Å². The first-order valence-electron chi connectivity index (χ1n) is 10.7. The Hall–Kier alpha value is -3.94. The van der Waals surface area contributed by atoms with Gasteiger partial charge in [0.05, 0.1) is 18.8 Å². The lowest BCUT2D eigenvalue weighted by Crippen LogP contribution is -2.37. The van der Waals surface area contributed by atoms with Crippen LogP contribution in [0.5, 0.6) is 0 Å². The third-order valence-electron chi connectivity index (χ3n) is 4.92. The number of alkyl halides is 3. The van der Waals surface area contributed by atoms with Gasteiger partial charge in [0.25, 0.3) is 0 Å². The molecule has 0 bridgehead atoms. The molecule has 1 amide bonds. The molecular formula is C21H22F3N9O2. The van der Waals surface area contributed by atoms with Gasteiger partial charge in [-0.05, 0) is 18.1 Å². The Balaban J connectivity index is 1.69. The maximum Gasteiger partial charge on any atom is 0.434 e. The van der Waals surface area contributed by atoms with E-state index >= 15 is 0 Å². The van der Waals surface area contributed by atoms with E-state index in [1.165, 1.54) is 0 Å². The van der Waals surface area contributed by atoms with E-state index in [4.69, 9.17) is 4.74 Å². The predicted octanol–water partition coefficient (Wildman–Crippen LogP) is 2.19. The maximum atomic E-state index is 13.9. The van der Waals surface area contributed by atoms with Crippen molar-refractivity contribution in [3.05, 3.63) is 42.0 Å². The summed E-state index contributed by atoms with van der Waals surface area (Å²) in [7, 11) is 0. The number of carbonyl (C=O) groups is 1. The number of nitrogens with zero attached hydrogens (tertiary/aromatic N) is 7. The van der Waals surface area contributed by atoms with Crippen molar-refractivity contribution in [3.63, 3.8) is 0 Å². The Morgan fingerprint density at radius 1 is 1.11 bits per heavy atom. The van der Waals surface area contributed by atoms with Crippen LogP contribution in [0.1, 0.15) is 18.2 Å². The molecule has 35 heavy (non-hydrogen) atoms. The molecule has 14 heteroatoms. The summed E-state index contributed by atoms with van der Waals surface area (Å²) in [6, 6.07) is 3.73. The number of carbonyl (C=O) groups excluding carboxylic acids is 1. The average Bonchev–Trinajstić information content (AvgIpc) is 2.84. The molecule has 4 heterocycles. The zero-order valence-electron chi connectivity index (χ0n) is 18.7. The fraction of sp³-hybridized carbons (Fsp3) is 0.381. The van der Waals surface area contributed by atoms with Crippen LogP contribution in [0.4, 0.5) is 31.0 Å². The number of ether oxygens (including phenoxy) is 1. The second kappa shape index (κ2) is 10.5. The van der Waals surface area contributed by atoms with Gasteiger partial charge in [-0.1, -0.05) is 6.07 Å². The van der Waals surface area contributed by atoms with Crippen molar-refractivity contribution in [2.24, 2.45) is 0 Å². The molecule has 0 aliphatic carbocycles. The Bertz CT molecular complexity index is 1170. The topological polar surface area (TPSA) is 131 Å². The molecule has 0 saturated carbocycles. The van der Waals surface area contributed by atoms with Crippen LogP contribution in [0.2, 0.25) is 0 Å². The predicted molar refractivity (Wildman–Crippen MR) is 120 cm³/mol. The van der Waals surface area contributed by atoms with Crippen molar-refractivity contribution in [2.45, 2.75) is 19.5 Å². The summed E-state index contributed by atoms with van der Waals surface area (Å²) in [5, 5.41) is 5.21. The van der Waals surface area contributed by atoms with Gasteiger partial charge in [-0.25, -0.2) is 9.97 Å². The van der Waals surface area contributed by atoms with Gasteiger partial charge < -0.3 is 15.0 Å². The first-order valence-corrected chi connectivity index (χ1v) is 10.7. The molecule has 0 unspecified atom stereocenters. The van der Waals surface area contributed by atoms with E-state index in [9.17, 15) is 18.0 Å². The lowest BCUT2D eigenvalue weighted by Gasteiger charge is -2.27. The van der Waals surface area contributed by atoms with Gasteiger partial charge in [0, 0.05) is 45.1 Å². The summed E-state index contributed by atoms with van der Waals surface area (Å²) < 4.78 is 47.0.